The van der Waals surface area contributed by atoms with Crippen molar-refractivity contribution in [2.75, 3.05) is 0 Å². The summed E-state index contributed by atoms with van der Waals surface area (Å²) in [6.07, 6.45) is 5.03. The first-order chi connectivity index (χ1) is 6.83. The molecule has 0 bridgehead atoms. The van der Waals surface area contributed by atoms with E-state index in [-0.39, 0.29) is 5.82 Å². The summed E-state index contributed by atoms with van der Waals surface area (Å²) in [5.74, 6) is 1.51. The van der Waals surface area contributed by atoms with Crippen LogP contribution in [-0.2, 0) is 6.42 Å². The second kappa shape index (κ2) is 2.97. The largest absolute Gasteiger partial charge is 0.490 e. The zero-order chi connectivity index (χ0) is 9.54. The molecule has 2 aliphatic rings. The zero-order valence-electron chi connectivity index (χ0n) is 8.00. The van der Waals surface area contributed by atoms with Gasteiger partial charge in [0.25, 0.3) is 0 Å². The minimum Gasteiger partial charge on any atom is -0.490 e. The van der Waals surface area contributed by atoms with Gasteiger partial charge in [-0.3, -0.25) is 0 Å². The van der Waals surface area contributed by atoms with Crippen molar-refractivity contribution in [1.82, 2.24) is 0 Å². The average Bonchev–Trinajstić information content (AvgIpc) is 3.00. The highest BCUT2D eigenvalue weighted by Gasteiger charge is 2.34. The molecule has 2 heteroatoms. The van der Waals surface area contributed by atoms with E-state index in [1.807, 2.05) is 0 Å². The van der Waals surface area contributed by atoms with Crippen LogP contribution in [0.25, 0.3) is 0 Å². The van der Waals surface area contributed by atoms with Gasteiger partial charge in [0.2, 0.25) is 0 Å². The topological polar surface area (TPSA) is 9.23 Å². The third kappa shape index (κ3) is 1.39. The summed E-state index contributed by atoms with van der Waals surface area (Å²) in [5.41, 5.74) is 1.03. The summed E-state index contributed by atoms with van der Waals surface area (Å²) in [7, 11) is 0. The van der Waals surface area contributed by atoms with Crippen LogP contribution >= 0.6 is 0 Å². The second-order valence-electron chi connectivity index (χ2n) is 4.28. The number of rotatable bonds is 1. The Morgan fingerprint density at radius 1 is 1.21 bits per heavy atom. The fourth-order valence-electron chi connectivity index (χ4n) is 2.18. The third-order valence-electron chi connectivity index (χ3n) is 3.15. The number of fused-ring (bicyclic) bond motifs is 1. The van der Waals surface area contributed by atoms with Gasteiger partial charge in [-0.15, -0.1) is 0 Å². The molecule has 1 aromatic carbocycles. The van der Waals surface area contributed by atoms with Crippen LogP contribution in [0.4, 0.5) is 4.39 Å². The number of benzene rings is 1. The molecular formula is C12H13FO. The Bertz CT molecular complexity index is 357. The van der Waals surface area contributed by atoms with Crippen molar-refractivity contribution in [2.45, 2.75) is 31.8 Å². The molecule has 1 aliphatic heterocycles. The molecule has 3 rings (SSSR count). The van der Waals surface area contributed by atoms with Crippen molar-refractivity contribution in [3.8, 4) is 5.75 Å². The van der Waals surface area contributed by atoms with E-state index in [0.29, 0.717) is 6.10 Å². The van der Waals surface area contributed by atoms with Gasteiger partial charge in [0.05, 0.1) is 0 Å². The molecule has 0 unspecified atom stereocenters. The molecule has 14 heavy (non-hydrogen) atoms. The Morgan fingerprint density at radius 2 is 2.07 bits per heavy atom. The number of ether oxygens (including phenoxy) is 1. The first kappa shape index (κ1) is 8.27. The highest BCUT2D eigenvalue weighted by molar-refractivity contribution is 5.36. The van der Waals surface area contributed by atoms with E-state index in [0.717, 1.165) is 30.1 Å². The van der Waals surface area contributed by atoms with Gasteiger partial charge < -0.3 is 4.74 Å². The first-order valence-corrected chi connectivity index (χ1v) is 5.28. The summed E-state index contributed by atoms with van der Waals surface area (Å²) < 4.78 is 18.8. The Morgan fingerprint density at radius 3 is 2.86 bits per heavy atom. The van der Waals surface area contributed by atoms with E-state index >= 15 is 0 Å². The van der Waals surface area contributed by atoms with Gasteiger partial charge in [0.1, 0.15) is 17.7 Å². The van der Waals surface area contributed by atoms with Crippen LogP contribution in [0.1, 0.15) is 24.8 Å². The molecule has 1 fully saturated rings. The van der Waals surface area contributed by atoms with E-state index in [2.05, 4.69) is 0 Å². The lowest BCUT2D eigenvalue weighted by molar-refractivity contribution is 0.151. The van der Waals surface area contributed by atoms with Crippen LogP contribution in [0.5, 0.6) is 5.75 Å². The summed E-state index contributed by atoms with van der Waals surface area (Å²) >= 11 is 0. The molecule has 1 nitrogen and oxygen atoms in total. The van der Waals surface area contributed by atoms with Crippen molar-refractivity contribution in [3.05, 3.63) is 29.6 Å². The number of halogens is 1. The van der Waals surface area contributed by atoms with Gasteiger partial charge in [-0.25, -0.2) is 4.39 Å². The lowest BCUT2D eigenvalue weighted by Crippen LogP contribution is -2.24. The highest BCUT2D eigenvalue weighted by Crippen LogP contribution is 2.40. The van der Waals surface area contributed by atoms with E-state index in [4.69, 9.17) is 4.74 Å². The Labute approximate surface area is 82.9 Å². The Balaban J connectivity index is 1.86. The first-order valence-electron chi connectivity index (χ1n) is 5.28. The number of aryl methyl sites for hydroxylation is 1. The van der Waals surface area contributed by atoms with E-state index < -0.39 is 0 Å². The van der Waals surface area contributed by atoms with Gasteiger partial charge in [-0.1, -0.05) is 0 Å². The van der Waals surface area contributed by atoms with E-state index in [9.17, 15) is 4.39 Å². The molecule has 0 spiro atoms. The van der Waals surface area contributed by atoms with Gasteiger partial charge in [0.15, 0.2) is 0 Å². The van der Waals surface area contributed by atoms with E-state index in [1.54, 1.807) is 12.1 Å². The monoisotopic (exact) mass is 192 g/mol. The van der Waals surface area contributed by atoms with Crippen LogP contribution in [0.15, 0.2) is 18.2 Å². The lowest BCUT2D eigenvalue weighted by Gasteiger charge is -2.25. The van der Waals surface area contributed by atoms with Gasteiger partial charge in [0, 0.05) is 0 Å². The maximum atomic E-state index is 12.9. The standard InChI is InChI=1S/C12H13FO/c13-10-4-6-12-9(7-10)3-5-11(14-12)8-1-2-8/h4,6-8,11H,1-3,5H2/t11-/m0/s1. The fourth-order valence-corrected chi connectivity index (χ4v) is 2.18. The van der Waals surface area contributed by atoms with Crippen molar-refractivity contribution in [3.63, 3.8) is 0 Å². The predicted molar refractivity (Wildman–Crippen MR) is 51.9 cm³/mol. The molecule has 0 saturated heterocycles. The van der Waals surface area contributed by atoms with Crippen molar-refractivity contribution in [1.29, 1.82) is 0 Å². The molecule has 1 aliphatic carbocycles. The van der Waals surface area contributed by atoms with Gasteiger partial charge in [-0.2, -0.15) is 0 Å². The van der Waals surface area contributed by atoms with Gasteiger partial charge >= 0.3 is 0 Å². The molecule has 0 aromatic heterocycles. The predicted octanol–water partition coefficient (Wildman–Crippen LogP) is 2.93. The lowest BCUT2D eigenvalue weighted by atomic mass is 10.00. The minimum absolute atomic E-state index is 0.155. The van der Waals surface area contributed by atoms with Crippen molar-refractivity contribution >= 4 is 0 Å². The molecule has 1 atom stereocenters. The summed E-state index contributed by atoms with van der Waals surface area (Å²) in [5, 5.41) is 0. The van der Waals surface area contributed by atoms with Crippen LogP contribution < -0.4 is 4.74 Å². The average molecular weight is 192 g/mol. The molecule has 1 heterocycles. The molecule has 0 radical (unpaired) electrons. The molecule has 0 N–H and O–H groups in total. The van der Waals surface area contributed by atoms with Crippen molar-refractivity contribution < 1.29 is 9.13 Å². The fraction of sp³-hybridized carbons (Fsp3) is 0.500. The Kier molecular flexibility index (Phi) is 1.76. The molecular weight excluding hydrogens is 179 g/mol. The van der Waals surface area contributed by atoms with Crippen molar-refractivity contribution in [2.24, 2.45) is 5.92 Å². The smallest absolute Gasteiger partial charge is 0.123 e. The van der Waals surface area contributed by atoms with Crippen LogP contribution in [0.3, 0.4) is 0 Å². The SMILES string of the molecule is Fc1ccc2c(c1)CC[C@@H](C1CC1)O2. The summed E-state index contributed by atoms with van der Waals surface area (Å²) in [6, 6.07) is 4.84. The molecule has 74 valence electrons. The van der Waals surface area contributed by atoms with Gasteiger partial charge in [-0.05, 0) is 55.4 Å². The Hall–Kier alpha value is -1.05. The third-order valence-corrected chi connectivity index (χ3v) is 3.15. The van der Waals surface area contributed by atoms with Crippen LogP contribution in [0.2, 0.25) is 0 Å². The van der Waals surface area contributed by atoms with Crippen LogP contribution in [-0.4, -0.2) is 6.10 Å². The second-order valence-corrected chi connectivity index (χ2v) is 4.28. The number of hydrogen-bond donors (Lipinski definition) is 0. The maximum Gasteiger partial charge on any atom is 0.123 e. The zero-order valence-corrected chi connectivity index (χ0v) is 8.00. The number of hydrogen-bond acceptors (Lipinski definition) is 1. The van der Waals surface area contributed by atoms with Crippen LogP contribution in [0, 0.1) is 11.7 Å². The highest BCUT2D eigenvalue weighted by atomic mass is 19.1. The molecule has 1 aromatic rings. The maximum absolute atomic E-state index is 12.9. The normalized spacial score (nSPS) is 25.4. The summed E-state index contributed by atoms with van der Waals surface area (Å²) in [4.78, 5) is 0. The molecule has 0 amide bonds. The minimum atomic E-state index is -0.155. The molecule has 1 saturated carbocycles. The quantitative estimate of drug-likeness (QED) is 0.664. The van der Waals surface area contributed by atoms with E-state index in [1.165, 1.54) is 18.9 Å². The summed E-state index contributed by atoms with van der Waals surface area (Å²) in [6.45, 7) is 0.